The number of carboxylic acids is 1. The zero-order valence-corrected chi connectivity index (χ0v) is 12.0. The molecule has 1 heterocycles. The topological polar surface area (TPSA) is 138 Å². The maximum atomic E-state index is 11.8. The number of imidazole rings is 1. The van der Waals surface area contributed by atoms with Gasteiger partial charge in [-0.3, -0.25) is 14.4 Å². The molecule has 0 aliphatic rings. The molecular weight excluding hydrogens is 276 g/mol. The molecule has 2 amide bonds. The van der Waals surface area contributed by atoms with Gasteiger partial charge in [-0.2, -0.15) is 0 Å². The first-order valence-corrected chi connectivity index (χ1v) is 6.51. The zero-order chi connectivity index (χ0) is 16.0. The van der Waals surface area contributed by atoms with Crippen LogP contribution in [-0.4, -0.2) is 38.9 Å². The van der Waals surface area contributed by atoms with E-state index >= 15 is 0 Å². The molecule has 21 heavy (non-hydrogen) atoms. The smallest absolute Gasteiger partial charge is 0.309 e. The van der Waals surface area contributed by atoms with Crippen LogP contribution in [0.15, 0.2) is 12.5 Å². The Kier molecular flexibility index (Phi) is 5.45. The third-order valence-corrected chi connectivity index (χ3v) is 3.21. The monoisotopic (exact) mass is 296 g/mol. The van der Waals surface area contributed by atoms with Crippen molar-refractivity contribution in [2.45, 2.75) is 39.2 Å². The van der Waals surface area contributed by atoms with E-state index < -0.39 is 29.2 Å². The number of aliphatic carboxylic acids is 1. The summed E-state index contributed by atoms with van der Waals surface area (Å²) in [7, 11) is 0. The summed E-state index contributed by atoms with van der Waals surface area (Å²) in [4.78, 5) is 40.8. The van der Waals surface area contributed by atoms with Crippen LogP contribution in [0, 0.1) is 5.41 Å². The van der Waals surface area contributed by atoms with Gasteiger partial charge in [0.2, 0.25) is 11.8 Å². The Morgan fingerprint density at radius 1 is 1.48 bits per heavy atom. The Hall–Kier alpha value is -2.38. The maximum Gasteiger partial charge on any atom is 0.309 e. The van der Waals surface area contributed by atoms with Crippen LogP contribution < -0.4 is 11.1 Å². The zero-order valence-electron chi connectivity index (χ0n) is 12.0. The van der Waals surface area contributed by atoms with Crippen LogP contribution >= 0.6 is 0 Å². The van der Waals surface area contributed by atoms with E-state index in [0.29, 0.717) is 5.69 Å². The number of nitrogens with one attached hydrogen (secondary N) is 2. The molecule has 0 spiro atoms. The van der Waals surface area contributed by atoms with Gasteiger partial charge < -0.3 is 21.1 Å². The van der Waals surface area contributed by atoms with Gasteiger partial charge in [-0.25, -0.2) is 4.98 Å². The molecule has 1 atom stereocenters. The summed E-state index contributed by atoms with van der Waals surface area (Å²) >= 11 is 0. The number of H-pyrrole nitrogens is 1. The lowest BCUT2D eigenvalue weighted by Crippen LogP contribution is -2.46. The molecule has 0 saturated carbocycles. The fourth-order valence-electron chi connectivity index (χ4n) is 1.64. The number of primary amides is 1. The summed E-state index contributed by atoms with van der Waals surface area (Å²) < 4.78 is 0. The van der Waals surface area contributed by atoms with Crippen LogP contribution in [0.3, 0.4) is 0 Å². The highest BCUT2D eigenvalue weighted by molar-refractivity contribution is 5.87. The van der Waals surface area contributed by atoms with Crippen molar-refractivity contribution in [2.75, 3.05) is 0 Å². The molecule has 0 aliphatic carbocycles. The van der Waals surface area contributed by atoms with Crippen molar-refractivity contribution < 1.29 is 19.5 Å². The van der Waals surface area contributed by atoms with Crippen LogP contribution in [0.5, 0.6) is 0 Å². The Balaban J connectivity index is 2.53. The number of carbonyl (C=O) groups excluding carboxylic acids is 2. The number of nitrogens with two attached hydrogens (primary N) is 1. The van der Waals surface area contributed by atoms with Crippen molar-refractivity contribution in [3.8, 4) is 0 Å². The highest BCUT2D eigenvalue weighted by Crippen LogP contribution is 2.22. The fourth-order valence-corrected chi connectivity index (χ4v) is 1.64. The minimum absolute atomic E-state index is 0.00601. The first kappa shape index (κ1) is 16.7. The standard InChI is InChI=1S/C13H20N4O4/c1-13(2,12(20)21)4-3-10(18)17-9(11(14)19)5-8-6-15-7-16-8/h6-7,9H,3-5H2,1-2H3,(H2,14,19)(H,15,16)(H,17,18)(H,20,21). The fraction of sp³-hybridized carbons (Fsp3) is 0.538. The summed E-state index contributed by atoms with van der Waals surface area (Å²) in [6.45, 7) is 3.08. The number of aromatic nitrogens is 2. The van der Waals surface area contributed by atoms with E-state index in [-0.39, 0.29) is 19.3 Å². The van der Waals surface area contributed by atoms with Crippen molar-refractivity contribution in [1.82, 2.24) is 15.3 Å². The summed E-state index contributed by atoms with van der Waals surface area (Å²) in [5.41, 5.74) is 4.92. The van der Waals surface area contributed by atoms with E-state index in [1.54, 1.807) is 13.8 Å². The number of nitrogens with zero attached hydrogens (tertiary/aromatic N) is 1. The third-order valence-electron chi connectivity index (χ3n) is 3.21. The van der Waals surface area contributed by atoms with Crippen molar-refractivity contribution in [3.05, 3.63) is 18.2 Å². The first-order chi connectivity index (χ1) is 9.72. The number of carboxylic acid groups (broad SMARTS) is 1. The molecule has 1 rings (SSSR count). The van der Waals surface area contributed by atoms with Gasteiger partial charge in [0.1, 0.15) is 6.04 Å². The molecule has 8 heteroatoms. The average molecular weight is 296 g/mol. The van der Waals surface area contributed by atoms with Gasteiger partial charge in [0.15, 0.2) is 0 Å². The van der Waals surface area contributed by atoms with E-state index in [9.17, 15) is 14.4 Å². The quantitative estimate of drug-likeness (QED) is 0.527. The van der Waals surface area contributed by atoms with Gasteiger partial charge in [-0.05, 0) is 20.3 Å². The van der Waals surface area contributed by atoms with E-state index in [0.717, 1.165) is 0 Å². The van der Waals surface area contributed by atoms with Crippen LogP contribution in [0.4, 0.5) is 0 Å². The van der Waals surface area contributed by atoms with Gasteiger partial charge in [0.25, 0.3) is 0 Å². The number of hydrogen-bond donors (Lipinski definition) is 4. The average Bonchev–Trinajstić information content (AvgIpc) is 2.88. The van der Waals surface area contributed by atoms with Gasteiger partial charge in [-0.15, -0.1) is 0 Å². The molecule has 8 nitrogen and oxygen atoms in total. The Bertz CT molecular complexity index is 510. The molecule has 0 radical (unpaired) electrons. The molecule has 0 aliphatic heterocycles. The predicted molar refractivity (Wildman–Crippen MR) is 74.1 cm³/mol. The number of hydrogen-bond acceptors (Lipinski definition) is 4. The lowest BCUT2D eigenvalue weighted by Gasteiger charge is -2.19. The summed E-state index contributed by atoms with van der Waals surface area (Å²) in [6, 6.07) is -0.856. The van der Waals surface area contributed by atoms with Crippen molar-refractivity contribution in [3.63, 3.8) is 0 Å². The molecular formula is C13H20N4O4. The van der Waals surface area contributed by atoms with Crippen molar-refractivity contribution in [1.29, 1.82) is 0 Å². The van der Waals surface area contributed by atoms with Crippen LogP contribution in [-0.2, 0) is 20.8 Å². The minimum Gasteiger partial charge on any atom is -0.481 e. The predicted octanol–water partition coefficient (Wildman–Crippen LogP) is -0.187. The maximum absolute atomic E-state index is 11.8. The van der Waals surface area contributed by atoms with Gasteiger partial charge in [-0.1, -0.05) is 0 Å². The third kappa shape index (κ3) is 5.25. The molecule has 1 unspecified atom stereocenters. The Morgan fingerprint density at radius 3 is 2.62 bits per heavy atom. The van der Waals surface area contributed by atoms with Crippen LogP contribution in [0.1, 0.15) is 32.4 Å². The lowest BCUT2D eigenvalue weighted by molar-refractivity contribution is -0.147. The van der Waals surface area contributed by atoms with Crippen LogP contribution in [0.25, 0.3) is 0 Å². The molecule has 0 bridgehead atoms. The summed E-state index contributed by atoms with van der Waals surface area (Å²) in [5, 5.41) is 11.5. The number of rotatable bonds is 8. The highest BCUT2D eigenvalue weighted by Gasteiger charge is 2.28. The van der Waals surface area contributed by atoms with Gasteiger partial charge in [0, 0.05) is 24.7 Å². The first-order valence-electron chi connectivity index (χ1n) is 6.51. The largest absolute Gasteiger partial charge is 0.481 e. The summed E-state index contributed by atoms with van der Waals surface area (Å²) in [5.74, 6) is -2.04. The van der Waals surface area contributed by atoms with E-state index in [1.807, 2.05) is 0 Å². The van der Waals surface area contributed by atoms with Crippen molar-refractivity contribution >= 4 is 17.8 Å². The van der Waals surface area contributed by atoms with Gasteiger partial charge >= 0.3 is 5.97 Å². The van der Waals surface area contributed by atoms with Gasteiger partial charge in [0.05, 0.1) is 11.7 Å². The number of aromatic amines is 1. The van der Waals surface area contributed by atoms with E-state index in [4.69, 9.17) is 10.8 Å². The lowest BCUT2D eigenvalue weighted by atomic mass is 9.88. The van der Waals surface area contributed by atoms with E-state index in [1.165, 1.54) is 12.5 Å². The number of amides is 2. The Labute approximate surface area is 122 Å². The SMILES string of the molecule is CC(C)(CCC(=O)NC(Cc1cnc[nH]1)C(N)=O)C(=O)O. The second-order valence-corrected chi connectivity index (χ2v) is 5.49. The molecule has 1 aromatic heterocycles. The molecule has 5 N–H and O–H groups in total. The molecule has 0 saturated heterocycles. The van der Waals surface area contributed by atoms with Crippen molar-refractivity contribution in [2.24, 2.45) is 11.1 Å². The normalized spacial score (nSPS) is 12.7. The minimum atomic E-state index is -0.997. The summed E-state index contributed by atoms with van der Waals surface area (Å²) in [6.07, 6.45) is 3.39. The molecule has 116 valence electrons. The van der Waals surface area contributed by atoms with E-state index in [2.05, 4.69) is 15.3 Å². The molecule has 0 fully saturated rings. The second kappa shape index (κ2) is 6.87. The molecule has 1 aromatic rings. The highest BCUT2D eigenvalue weighted by atomic mass is 16.4. The second-order valence-electron chi connectivity index (χ2n) is 5.49. The van der Waals surface area contributed by atoms with Crippen LogP contribution in [0.2, 0.25) is 0 Å². The molecule has 0 aromatic carbocycles. The Morgan fingerprint density at radius 2 is 2.14 bits per heavy atom. The number of carbonyl (C=O) groups is 3.